The monoisotopic (exact) mass is 329 g/mol. The largest absolute Gasteiger partial charge is 0.497 e. The van der Waals surface area contributed by atoms with Gasteiger partial charge in [0.2, 0.25) is 0 Å². The molecule has 0 aliphatic heterocycles. The highest BCUT2D eigenvalue weighted by Gasteiger charge is 2.19. The van der Waals surface area contributed by atoms with Gasteiger partial charge in [0.25, 0.3) is 0 Å². The molecule has 0 bridgehead atoms. The molecular formula is C15H17Cl2NOS. The van der Waals surface area contributed by atoms with Crippen molar-refractivity contribution in [3.8, 4) is 5.75 Å². The van der Waals surface area contributed by atoms with E-state index in [0.717, 1.165) is 34.2 Å². The second kappa shape index (κ2) is 7.32. The molecule has 0 saturated heterocycles. The van der Waals surface area contributed by atoms with E-state index in [-0.39, 0.29) is 6.04 Å². The van der Waals surface area contributed by atoms with Crippen LogP contribution in [0.25, 0.3) is 0 Å². The Balaban J connectivity index is 2.33. The van der Waals surface area contributed by atoms with Crippen LogP contribution >= 0.6 is 34.5 Å². The zero-order chi connectivity index (χ0) is 14.5. The third-order valence-electron chi connectivity index (χ3n) is 3.04. The van der Waals surface area contributed by atoms with Crippen molar-refractivity contribution in [3.63, 3.8) is 0 Å². The van der Waals surface area contributed by atoms with E-state index in [9.17, 15) is 0 Å². The number of benzene rings is 1. The van der Waals surface area contributed by atoms with Gasteiger partial charge in [-0.05, 0) is 36.7 Å². The Bertz CT molecular complexity index is 554. The topological polar surface area (TPSA) is 21.3 Å². The average molecular weight is 330 g/mol. The first-order valence-electron chi connectivity index (χ1n) is 6.47. The van der Waals surface area contributed by atoms with Crippen LogP contribution in [0.15, 0.2) is 30.3 Å². The van der Waals surface area contributed by atoms with Crippen LogP contribution in [0.1, 0.15) is 30.5 Å². The SMILES string of the molecule is CCCNC(c1ccc(OC)cc1)c1cc(Cl)sc1Cl. The molecule has 0 radical (unpaired) electrons. The Hall–Kier alpha value is -0.740. The zero-order valence-electron chi connectivity index (χ0n) is 11.5. The van der Waals surface area contributed by atoms with Crippen LogP contribution in [0.2, 0.25) is 8.67 Å². The molecule has 0 aliphatic rings. The van der Waals surface area contributed by atoms with Gasteiger partial charge in [-0.2, -0.15) is 0 Å². The lowest BCUT2D eigenvalue weighted by molar-refractivity contribution is 0.414. The highest BCUT2D eigenvalue weighted by Crippen LogP contribution is 2.37. The lowest BCUT2D eigenvalue weighted by atomic mass is 10.0. The molecule has 0 saturated carbocycles. The molecule has 0 amide bonds. The highest BCUT2D eigenvalue weighted by atomic mass is 35.5. The molecule has 0 spiro atoms. The molecule has 0 aliphatic carbocycles. The van der Waals surface area contributed by atoms with Crippen LogP contribution in [0.4, 0.5) is 0 Å². The third kappa shape index (κ3) is 3.67. The van der Waals surface area contributed by atoms with Gasteiger partial charge in [0.05, 0.1) is 21.8 Å². The van der Waals surface area contributed by atoms with Gasteiger partial charge in [0, 0.05) is 5.56 Å². The van der Waals surface area contributed by atoms with Gasteiger partial charge in [-0.25, -0.2) is 0 Å². The van der Waals surface area contributed by atoms with E-state index in [1.165, 1.54) is 11.3 Å². The molecule has 1 aromatic heterocycles. The Labute approximate surface area is 133 Å². The summed E-state index contributed by atoms with van der Waals surface area (Å²) >= 11 is 13.8. The fourth-order valence-electron chi connectivity index (χ4n) is 2.04. The molecular weight excluding hydrogens is 313 g/mol. The van der Waals surface area contributed by atoms with Gasteiger partial charge in [0.1, 0.15) is 5.75 Å². The van der Waals surface area contributed by atoms with E-state index in [1.54, 1.807) is 7.11 Å². The normalized spacial score (nSPS) is 12.4. The van der Waals surface area contributed by atoms with Gasteiger partial charge < -0.3 is 10.1 Å². The highest BCUT2D eigenvalue weighted by molar-refractivity contribution is 7.20. The number of hydrogen-bond donors (Lipinski definition) is 1. The molecule has 1 aromatic carbocycles. The van der Waals surface area contributed by atoms with Gasteiger partial charge in [-0.1, -0.05) is 42.3 Å². The standard InChI is InChI=1S/C15H17Cl2NOS/c1-3-8-18-14(12-9-13(16)20-15(12)17)10-4-6-11(19-2)7-5-10/h4-7,9,14,18H,3,8H2,1-2H3. The Morgan fingerprint density at radius 3 is 2.45 bits per heavy atom. The summed E-state index contributed by atoms with van der Waals surface area (Å²) in [6.45, 7) is 3.06. The van der Waals surface area contributed by atoms with E-state index in [1.807, 2.05) is 30.3 Å². The number of nitrogens with one attached hydrogen (secondary N) is 1. The maximum Gasteiger partial charge on any atom is 0.118 e. The number of ether oxygens (including phenoxy) is 1. The van der Waals surface area contributed by atoms with Gasteiger partial charge >= 0.3 is 0 Å². The van der Waals surface area contributed by atoms with Crippen molar-refractivity contribution in [2.75, 3.05) is 13.7 Å². The molecule has 2 rings (SSSR count). The smallest absolute Gasteiger partial charge is 0.118 e. The van der Waals surface area contributed by atoms with E-state index in [4.69, 9.17) is 27.9 Å². The van der Waals surface area contributed by atoms with Crippen molar-refractivity contribution >= 4 is 34.5 Å². The molecule has 5 heteroatoms. The van der Waals surface area contributed by atoms with Crippen molar-refractivity contribution in [1.29, 1.82) is 0 Å². The van der Waals surface area contributed by atoms with Crippen LogP contribution in [-0.4, -0.2) is 13.7 Å². The summed E-state index contributed by atoms with van der Waals surface area (Å²) in [6, 6.07) is 10.0. The molecule has 1 atom stereocenters. The molecule has 1 N–H and O–H groups in total. The quantitative estimate of drug-likeness (QED) is 0.790. The maximum absolute atomic E-state index is 6.30. The Morgan fingerprint density at radius 1 is 1.25 bits per heavy atom. The summed E-state index contributed by atoms with van der Waals surface area (Å²) in [6.07, 6.45) is 1.06. The number of thiophene rings is 1. The van der Waals surface area contributed by atoms with Crippen LogP contribution < -0.4 is 10.1 Å². The van der Waals surface area contributed by atoms with Gasteiger partial charge in [-0.3, -0.25) is 0 Å². The van der Waals surface area contributed by atoms with E-state index >= 15 is 0 Å². The minimum Gasteiger partial charge on any atom is -0.497 e. The summed E-state index contributed by atoms with van der Waals surface area (Å²) in [7, 11) is 1.66. The summed E-state index contributed by atoms with van der Waals surface area (Å²) in [5.74, 6) is 0.845. The summed E-state index contributed by atoms with van der Waals surface area (Å²) in [4.78, 5) is 0. The molecule has 2 aromatic rings. The second-order valence-corrected chi connectivity index (χ2v) is 6.73. The Morgan fingerprint density at radius 2 is 1.95 bits per heavy atom. The minimum atomic E-state index is 0.0529. The van der Waals surface area contributed by atoms with Crippen molar-refractivity contribution in [2.24, 2.45) is 0 Å². The molecule has 2 nitrogen and oxygen atoms in total. The van der Waals surface area contributed by atoms with Crippen molar-refractivity contribution < 1.29 is 4.74 Å². The molecule has 108 valence electrons. The number of hydrogen-bond acceptors (Lipinski definition) is 3. The van der Waals surface area contributed by atoms with Crippen molar-refractivity contribution in [2.45, 2.75) is 19.4 Å². The lowest BCUT2D eigenvalue weighted by Gasteiger charge is -2.19. The van der Waals surface area contributed by atoms with Crippen LogP contribution in [-0.2, 0) is 0 Å². The first-order chi connectivity index (χ1) is 9.65. The van der Waals surface area contributed by atoms with Gasteiger partial charge in [0.15, 0.2) is 0 Å². The maximum atomic E-state index is 6.30. The zero-order valence-corrected chi connectivity index (χ0v) is 13.8. The molecule has 0 fully saturated rings. The first-order valence-corrected chi connectivity index (χ1v) is 8.05. The predicted molar refractivity (Wildman–Crippen MR) is 87.5 cm³/mol. The lowest BCUT2D eigenvalue weighted by Crippen LogP contribution is -2.23. The number of rotatable bonds is 6. The van der Waals surface area contributed by atoms with Crippen LogP contribution in [0, 0.1) is 0 Å². The molecule has 1 heterocycles. The molecule has 20 heavy (non-hydrogen) atoms. The van der Waals surface area contributed by atoms with Crippen molar-refractivity contribution in [3.05, 3.63) is 50.1 Å². The fraction of sp³-hybridized carbons (Fsp3) is 0.333. The molecule has 1 unspecified atom stereocenters. The summed E-state index contributed by atoms with van der Waals surface area (Å²) < 4.78 is 6.64. The van der Waals surface area contributed by atoms with Gasteiger partial charge in [-0.15, -0.1) is 11.3 Å². The average Bonchev–Trinajstić information content (AvgIpc) is 2.79. The first kappa shape index (κ1) is 15.6. The van der Waals surface area contributed by atoms with E-state index < -0.39 is 0 Å². The van der Waals surface area contributed by atoms with Crippen LogP contribution in [0.3, 0.4) is 0 Å². The Kier molecular flexibility index (Phi) is 5.73. The van der Waals surface area contributed by atoms with Crippen LogP contribution in [0.5, 0.6) is 5.75 Å². The van der Waals surface area contributed by atoms with E-state index in [0.29, 0.717) is 4.34 Å². The van der Waals surface area contributed by atoms with E-state index in [2.05, 4.69) is 12.2 Å². The van der Waals surface area contributed by atoms with Crippen molar-refractivity contribution in [1.82, 2.24) is 5.32 Å². The fourth-order valence-corrected chi connectivity index (χ4v) is 3.57. The number of methoxy groups -OCH3 is 1. The summed E-state index contributed by atoms with van der Waals surface area (Å²) in [5, 5.41) is 3.52. The predicted octanol–water partition coefficient (Wildman–Crippen LogP) is 5.15. The third-order valence-corrected chi connectivity index (χ3v) is 4.56. The number of halogens is 2. The second-order valence-electron chi connectivity index (χ2n) is 4.44. The summed E-state index contributed by atoms with van der Waals surface area (Å²) in [5.41, 5.74) is 2.18. The minimum absolute atomic E-state index is 0.0529.